The average Bonchev–Trinajstić information content (AvgIpc) is 3.07. The van der Waals surface area contributed by atoms with Crippen molar-refractivity contribution in [3.05, 3.63) is 28.7 Å². The highest BCUT2D eigenvalue weighted by Gasteiger charge is 2.31. The number of unbranched alkanes of at least 4 members (excludes halogenated alkanes) is 6. The Labute approximate surface area is 219 Å². The molecule has 1 N–H and O–H groups in total. The Morgan fingerprint density at radius 1 is 1.11 bits per heavy atom. The van der Waals surface area contributed by atoms with Crippen LogP contribution in [0, 0.1) is 0 Å². The van der Waals surface area contributed by atoms with Crippen molar-refractivity contribution in [3.63, 3.8) is 0 Å². The maximum atomic E-state index is 12.9. The van der Waals surface area contributed by atoms with Crippen molar-refractivity contribution in [2.75, 3.05) is 13.2 Å². The maximum absolute atomic E-state index is 12.9. The van der Waals surface area contributed by atoms with Crippen molar-refractivity contribution in [2.24, 2.45) is 0 Å². The number of rotatable bonds is 17. The topological polar surface area (TPSA) is 76.1 Å². The first-order valence-corrected chi connectivity index (χ1v) is 14.0. The summed E-state index contributed by atoms with van der Waals surface area (Å²) < 4.78 is 12.6. The van der Waals surface area contributed by atoms with E-state index in [1.165, 1.54) is 37.4 Å². The van der Waals surface area contributed by atoms with Gasteiger partial charge in [-0.05, 0) is 63.3 Å². The van der Waals surface area contributed by atoms with Gasteiger partial charge in [0.15, 0.2) is 11.5 Å². The smallest absolute Gasteiger partial charge is 0.303 e. The molecule has 1 unspecified atom stereocenters. The lowest BCUT2D eigenvalue weighted by atomic mass is 10.1. The SMILES string of the molecule is CCCCCCCC(C)Oc1ccc(/C=C2\SC(=S)N(CCCCCC(=O)O)C2=O)cc1OCC. The van der Waals surface area contributed by atoms with Crippen LogP contribution in [0.4, 0.5) is 0 Å². The van der Waals surface area contributed by atoms with Crippen LogP contribution in [0.2, 0.25) is 0 Å². The zero-order valence-corrected chi connectivity index (χ0v) is 22.8. The van der Waals surface area contributed by atoms with Gasteiger partial charge < -0.3 is 14.6 Å². The van der Waals surface area contributed by atoms with Gasteiger partial charge in [-0.3, -0.25) is 14.5 Å². The van der Waals surface area contributed by atoms with Crippen LogP contribution in [-0.2, 0) is 9.59 Å². The Hall–Kier alpha value is -2.06. The molecule has 1 aliphatic heterocycles. The Morgan fingerprint density at radius 2 is 1.86 bits per heavy atom. The molecule has 8 heteroatoms. The minimum absolute atomic E-state index is 0.104. The van der Waals surface area contributed by atoms with Gasteiger partial charge in [-0.2, -0.15) is 0 Å². The van der Waals surface area contributed by atoms with Gasteiger partial charge in [0.1, 0.15) is 4.32 Å². The average molecular weight is 522 g/mol. The third-order valence-electron chi connectivity index (χ3n) is 5.75. The number of hydrogen-bond acceptors (Lipinski definition) is 6. The summed E-state index contributed by atoms with van der Waals surface area (Å²) in [6, 6.07) is 5.75. The van der Waals surface area contributed by atoms with Crippen molar-refractivity contribution in [1.29, 1.82) is 0 Å². The number of ether oxygens (including phenoxy) is 2. The fraction of sp³-hybridized carbons (Fsp3) is 0.593. The van der Waals surface area contributed by atoms with Crippen molar-refractivity contribution in [3.8, 4) is 11.5 Å². The summed E-state index contributed by atoms with van der Waals surface area (Å²) in [5.74, 6) is 0.499. The molecule has 1 fully saturated rings. The molecule has 1 saturated heterocycles. The number of thiocarbonyl (C=S) groups is 1. The first-order chi connectivity index (χ1) is 16.8. The van der Waals surface area contributed by atoms with Crippen LogP contribution in [0.25, 0.3) is 6.08 Å². The predicted molar refractivity (Wildman–Crippen MR) is 147 cm³/mol. The molecular formula is C27H39NO5S2. The molecule has 1 heterocycles. The van der Waals surface area contributed by atoms with Gasteiger partial charge in [-0.25, -0.2) is 0 Å². The molecule has 1 aromatic rings. The first kappa shape index (κ1) is 29.2. The highest BCUT2D eigenvalue weighted by atomic mass is 32.2. The van der Waals surface area contributed by atoms with E-state index in [1.54, 1.807) is 4.90 Å². The molecule has 0 saturated carbocycles. The Kier molecular flexibility index (Phi) is 13.2. The van der Waals surface area contributed by atoms with Crippen molar-refractivity contribution in [1.82, 2.24) is 4.90 Å². The number of benzene rings is 1. The number of carboxylic acids is 1. The van der Waals surface area contributed by atoms with Crippen LogP contribution in [0.1, 0.15) is 90.5 Å². The summed E-state index contributed by atoms with van der Waals surface area (Å²) in [5.41, 5.74) is 0.856. The van der Waals surface area contributed by atoms with E-state index in [4.69, 9.17) is 26.8 Å². The molecule has 0 radical (unpaired) electrons. The second-order valence-electron chi connectivity index (χ2n) is 8.81. The number of carboxylic acid groups (broad SMARTS) is 1. The minimum Gasteiger partial charge on any atom is -0.490 e. The van der Waals surface area contributed by atoms with Gasteiger partial charge in [-0.15, -0.1) is 0 Å². The Morgan fingerprint density at radius 3 is 2.57 bits per heavy atom. The third kappa shape index (κ3) is 10.2. The molecule has 1 amide bonds. The third-order valence-corrected chi connectivity index (χ3v) is 7.13. The number of carbonyl (C=O) groups is 2. The number of amides is 1. The van der Waals surface area contributed by atoms with Crippen molar-refractivity contribution in [2.45, 2.75) is 91.1 Å². The van der Waals surface area contributed by atoms with Crippen molar-refractivity contribution >= 4 is 46.3 Å². The van der Waals surface area contributed by atoms with Crippen molar-refractivity contribution < 1.29 is 24.2 Å². The van der Waals surface area contributed by atoms with E-state index < -0.39 is 5.97 Å². The number of aliphatic carboxylic acids is 1. The fourth-order valence-corrected chi connectivity index (χ4v) is 5.17. The van der Waals surface area contributed by atoms with Crippen LogP contribution in [0.5, 0.6) is 11.5 Å². The first-order valence-electron chi connectivity index (χ1n) is 12.8. The summed E-state index contributed by atoms with van der Waals surface area (Å²) in [5, 5.41) is 8.74. The molecule has 6 nitrogen and oxygen atoms in total. The van der Waals surface area contributed by atoms with Gasteiger partial charge in [0.05, 0.1) is 17.6 Å². The van der Waals surface area contributed by atoms with Gasteiger partial charge >= 0.3 is 5.97 Å². The van der Waals surface area contributed by atoms with E-state index in [2.05, 4.69) is 13.8 Å². The molecule has 35 heavy (non-hydrogen) atoms. The van der Waals surface area contributed by atoms with Crippen LogP contribution >= 0.6 is 24.0 Å². The molecule has 194 valence electrons. The molecular weight excluding hydrogens is 482 g/mol. The second kappa shape index (κ2) is 15.8. The lowest BCUT2D eigenvalue weighted by Gasteiger charge is -2.18. The molecule has 0 bridgehead atoms. The maximum Gasteiger partial charge on any atom is 0.303 e. The predicted octanol–water partition coefficient (Wildman–Crippen LogP) is 7.06. The monoisotopic (exact) mass is 521 g/mol. The number of hydrogen-bond donors (Lipinski definition) is 1. The zero-order valence-electron chi connectivity index (χ0n) is 21.2. The van der Waals surface area contributed by atoms with E-state index >= 15 is 0 Å². The molecule has 1 aliphatic rings. The number of nitrogens with zero attached hydrogens (tertiary/aromatic N) is 1. The normalized spacial score (nSPS) is 15.6. The second-order valence-corrected chi connectivity index (χ2v) is 10.5. The van der Waals surface area contributed by atoms with Gasteiger partial charge in [0, 0.05) is 13.0 Å². The summed E-state index contributed by atoms with van der Waals surface area (Å²) in [7, 11) is 0. The minimum atomic E-state index is -0.793. The molecule has 1 aromatic carbocycles. The standard InChI is InChI=1S/C27H39NO5S2/c1-4-6-7-8-10-13-20(3)33-22-16-15-21(18-23(22)32-5-2)19-24-26(31)28(27(34)35-24)17-12-9-11-14-25(29)30/h15-16,18-20H,4-14,17H2,1-3H3,(H,29,30)/b24-19-. The van der Waals surface area contributed by atoms with Crippen LogP contribution in [0.15, 0.2) is 23.1 Å². The van der Waals surface area contributed by atoms with Crippen LogP contribution in [0.3, 0.4) is 0 Å². The van der Waals surface area contributed by atoms with Crippen LogP contribution in [-0.4, -0.2) is 45.5 Å². The van der Waals surface area contributed by atoms with Gasteiger partial charge in [0.25, 0.3) is 5.91 Å². The molecule has 2 rings (SSSR count). The highest BCUT2D eigenvalue weighted by molar-refractivity contribution is 8.26. The summed E-state index contributed by atoms with van der Waals surface area (Å²) in [6.07, 6.45) is 11.4. The van der Waals surface area contributed by atoms with E-state index in [-0.39, 0.29) is 18.4 Å². The molecule has 0 spiro atoms. The summed E-state index contributed by atoms with van der Waals surface area (Å²) in [6.45, 7) is 7.29. The zero-order chi connectivity index (χ0) is 25.6. The van der Waals surface area contributed by atoms with E-state index in [1.807, 2.05) is 31.2 Å². The largest absolute Gasteiger partial charge is 0.490 e. The Bertz CT molecular complexity index is 886. The Balaban J connectivity index is 1.98. The lowest BCUT2D eigenvalue weighted by Crippen LogP contribution is -2.29. The fourth-order valence-electron chi connectivity index (χ4n) is 3.86. The van der Waals surface area contributed by atoms with E-state index in [9.17, 15) is 9.59 Å². The van der Waals surface area contributed by atoms with Crippen LogP contribution < -0.4 is 9.47 Å². The van der Waals surface area contributed by atoms with E-state index in [0.29, 0.717) is 34.5 Å². The van der Waals surface area contributed by atoms with Gasteiger partial charge in [0.2, 0.25) is 0 Å². The number of carbonyl (C=O) groups excluding carboxylic acids is 1. The number of thioether (sulfide) groups is 1. The summed E-state index contributed by atoms with van der Waals surface area (Å²) >= 11 is 6.71. The van der Waals surface area contributed by atoms with E-state index in [0.717, 1.165) is 37.0 Å². The highest BCUT2D eigenvalue weighted by Crippen LogP contribution is 2.35. The molecule has 0 aliphatic carbocycles. The van der Waals surface area contributed by atoms with Gasteiger partial charge in [-0.1, -0.05) is 69.1 Å². The molecule has 0 aromatic heterocycles. The summed E-state index contributed by atoms with van der Waals surface area (Å²) in [4.78, 5) is 25.7. The molecule has 1 atom stereocenters. The lowest BCUT2D eigenvalue weighted by molar-refractivity contribution is -0.137. The quantitative estimate of drug-likeness (QED) is 0.134.